The summed E-state index contributed by atoms with van der Waals surface area (Å²) in [6, 6.07) is 8.32. The predicted molar refractivity (Wildman–Crippen MR) is 87.8 cm³/mol. The number of benzene rings is 1. The van der Waals surface area contributed by atoms with Crippen molar-refractivity contribution in [3.63, 3.8) is 0 Å². The van der Waals surface area contributed by atoms with Crippen LogP contribution in [0.2, 0.25) is 0 Å². The van der Waals surface area contributed by atoms with Gasteiger partial charge >= 0.3 is 0 Å². The summed E-state index contributed by atoms with van der Waals surface area (Å²) in [6.07, 6.45) is 2.90. The average molecular weight is 311 g/mol. The fourth-order valence-electron chi connectivity index (χ4n) is 1.82. The molecule has 1 heterocycles. The lowest BCUT2D eigenvalue weighted by Crippen LogP contribution is -2.37. The first-order valence-corrected chi connectivity index (χ1v) is 6.79. The minimum Gasteiger partial charge on any atom is -0.378 e. The summed E-state index contributed by atoms with van der Waals surface area (Å²) in [5.74, 6) is -0.227. The second kappa shape index (κ2) is 7.12. The van der Waals surface area contributed by atoms with E-state index in [0.717, 1.165) is 0 Å². The normalized spacial score (nSPS) is 9.96. The van der Waals surface area contributed by atoms with Crippen LogP contribution in [-0.2, 0) is 0 Å². The van der Waals surface area contributed by atoms with Crippen LogP contribution in [0.25, 0.3) is 0 Å². The second-order valence-corrected chi connectivity index (χ2v) is 4.75. The van der Waals surface area contributed by atoms with Gasteiger partial charge in [0.2, 0.25) is 5.91 Å². The van der Waals surface area contributed by atoms with Crippen LogP contribution in [0.4, 0.5) is 5.69 Å². The summed E-state index contributed by atoms with van der Waals surface area (Å²) in [5, 5.41) is 19.1. The Kier molecular flexibility index (Phi) is 4.98. The quantitative estimate of drug-likeness (QED) is 0.481. The summed E-state index contributed by atoms with van der Waals surface area (Å²) in [6.45, 7) is 0.187. The van der Waals surface area contributed by atoms with Gasteiger partial charge in [0.25, 0.3) is 0 Å². The number of hydrogen-bond acceptors (Lipinski definition) is 6. The molecule has 0 fully saturated rings. The van der Waals surface area contributed by atoms with Crippen molar-refractivity contribution in [2.24, 2.45) is 5.73 Å². The fraction of sp³-hybridized carbons (Fsp3) is 0.133. The topological polar surface area (TPSA) is 132 Å². The Morgan fingerprint density at radius 3 is 2.78 bits per heavy atom. The number of primary amides is 1. The van der Waals surface area contributed by atoms with Crippen LogP contribution in [0.5, 0.6) is 0 Å². The molecule has 5 N–H and O–H groups in total. The molecule has 0 saturated carbocycles. The van der Waals surface area contributed by atoms with Crippen LogP contribution >= 0.6 is 0 Å². The molecule has 118 valence electrons. The largest absolute Gasteiger partial charge is 0.378 e. The summed E-state index contributed by atoms with van der Waals surface area (Å²) in [5.41, 5.74) is 6.73. The van der Waals surface area contributed by atoms with Gasteiger partial charge in [0.1, 0.15) is 17.9 Å². The summed E-state index contributed by atoms with van der Waals surface area (Å²) < 4.78 is 0. The predicted octanol–water partition coefficient (Wildman–Crippen LogP) is 0.922. The molecule has 1 aromatic carbocycles. The van der Waals surface area contributed by atoms with Gasteiger partial charge < -0.3 is 16.0 Å². The van der Waals surface area contributed by atoms with Crippen LogP contribution < -0.4 is 11.1 Å². The third-order valence-corrected chi connectivity index (χ3v) is 3.17. The third-order valence-electron chi connectivity index (χ3n) is 3.17. The van der Waals surface area contributed by atoms with Crippen molar-refractivity contribution in [1.29, 1.82) is 10.8 Å². The number of rotatable bonds is 5. The highest BCUT2D eigenvalue weighted by molar-refractivity contribution is 6.06. The Morgan fingerprint density at radius 1 is 1.35 bits per heavy atom. The Hall–Kier alpha value is -3.29. The molecule has 0 radical (unpaired) electrons. The number of carbonyl (C=O) groups is 1. The van der Waals surface area contributed by atoms with Crippen molar-refractivity contribution >= 4 is 23.3 Å². The highest BCUT2D eigenvalue weighted by Gasteiger charge is 2.13. The number of amidine groups is 2. The van der Waals surface area contributed by atoms with Crippen molar-refractivity contribution in [3.8, 4) is 0 Å². The van der Waals surface area contributed by atoms with Crippen molar-refractivity contribution in [3.05, 3.63) is 54.1 Å². The number of likely N-dealkylation sites (N-methyl/N-ethyl adjacent to an activating group) is 1. The lowest BCUT2D eigenvalue weighted by atomic mass is 10.2. The molecule has 2 aromatic rings. The third kappa shape index (κ3) is 4.10. The van der Waals surface area contributed by atoms with Crippen molar-refractivity contribution < 1.29 is 4.79 Å². The molecule has 0 unspecified atom stereocenters. The van der Waals surface area contributed by atoms with Gasteiger partial charge in [0, 0.05) is 24.5 Å². The van der Waals surface area contributed by atoms with Crippen LogP contribution in [-0.4, -0.2) is 46.0 Å². The van der Waals surface area contributed by atoms with Gasteiger partial charge in [-0.3, -0.25) is 15.6 Å². The number of anilines is 1. The van der Waals surface area contributed by atoms with Gasteiger partial charge in [-0.25, -0.2) is 9.97 Å². The zero-order valence-corrected chi connectivity index (χ0v) is 12.6. The highest BCUT2D eigenvalue weighted by atomic mass is 16.1. The van der Waals surface area contributed by atoms with Crippen molar-refractivity contribution in [2.45, 2.75) is 0 Å². The second-order valence-electron chi connectivity index (χ2n) is 4.75. The molecule has 23 heavy (non-hydrogen) atoms. The lowest BCUT2D eigenvalue weighted by Gasteiger charge is -2.20. The molecule has 8 heteroatoms. The van der Waals surface area contributed by atoms with Gasteiger partial charge in [0.15, 0.2) is 5.84 Å². The maximum Gasteiger partial charge on any atom is 0.248 e. The van der Waals surface area contributed by atoms with Gasteiger partial charge in [-0.1, -0.05) is 6.07 Å². The maximum atomic E-state index is 11.1. The van der Waals surface area contributed by atoms with Gasteiger partial charge in [-0.15, -0.1) is 0 Å². The Bertz CT molecular complexity index is 730. The Morgan fingerprint density at radius 2 is 2.13 bits per heavy atom. The van der Waals surface area contributed by atoms with E-state index in [0.29, 0.717) is 16.9 Å². The van der Waals surface area contributed by atoms with E-state index in [1.54, 1.807) is 43.6 Å². The Labute approximate surface area is 133 Å². The van der Waals surface area contributed by atoms with E-state index in [9.17, 15) is 4.79 Å². The van der Waals surface area contributed by atoms with E-state index >= 15 is 0 Å². The minimum atomic E-state index is -0.508. The summed E-state index contributed by atoms with van der Waals surface area (Å²) in [4.78, 5) is 20.3. The smallest absolute Gasteiger partial charge is 0.248 e. The Balaban J connectivity index is 1.98. The molecule has 0 aliphatic heterocycles. The summed E-state index contributed by atoms with van der Waals surface area (Å²) in [7, 11) is 1.62. The molecule has 0 aliphatic rings. The molecule has 1 amide bonds. The SMILES string of the molecule is CN(C(=N)CNc1cccc(C(N)=O)c1)C(=N)c1ccncn1. The molecule has 1 aromatic heterocycles. The molecule has 2 rings (SSSR count). The molecule has 0 aliphatic carbocycles. The molecule has 8 nitrogen and oxygen atoms in total. The van der Waals surface area contributed by atoms with E-state index in [1.165, 1.54) is 11.2 Å². The number of nitrogens with one attached hydrogen (secondary N) is 3. The number of aromatic nitrogens is 2. The first-order chi connectivity index (χ1) is 11.0. The van der Waals surface area contributed by atoms with E-state index < -0.39 is 5.91 Å². The number of hydrogen-bond donors (Lipinski definition) is 4. The van der Waals surface area contributed by atoms with Crippen LogP contribution in [0, 0.1) is 10.8 Å². The average Bonchev–Trinajstić information content (AvgIpc) is 2.59. The van der Waals surface area contributed by atoms with Crippen LogP contribution in [0.1, 0.15) is 16.1 Å². The van der Waals surface area contributed by atoms with Crippen LogP contribution in [0.3, 0.4) is 0 Å². The van der Waals surface area contributed by atoms with Crippen LogP contribution in [0.15, 0.2) is 42.9 Å². The van der Waals surface area contributed by atoms with E-state index in [4.69, 9.17) is 16.6 Å². The van der Waals surface area contributed by atoms with Gasteiger partial charge in [-0.2, -0.15) is 0 Å². The number of amides is 1. The van der Waals surface area contributed by atoms with Gasteiger partial charge in [0.05, 0.1) is 6.54 Å². The lowest BCUT2D eigenvalue weighted by molar-refractivity contribution is 0.100. The molecular weight excluding hydrogens is 294 g/mol. The number of carbonyl (C=O) groups excluding carboxylic acids is 1. The maximum absolute atomic E-state index is 11.1. The number of nitrogens with two attached hydrogens (primary N) is 1. The first-order valence-electron chi connectivity index (χ1n) is 6.79. The van der Waals surface area contributed by atoms with Gasteiger partial charge in [-0.05, 0) is 24.3 Å². The van der Waals surface area contributed by atoms with E-state index in [2.05, 4.69) is 15.3 Å². The van der Waals surface area contributed by atoms with E-state index in [1.807, 2.05) is 0 Å². The standard InChI is InChI=1S/C15H17N7O/c1-22(14(17)12-5-6-19-9-21-12)13(16)8-20-11-4-2-3-10(7-11)15(18)23/h2-7,9,16-17,20H,8H2,1H3,(H2,18,23). The zero-order valence-electron chi connectivity index (χ0n) is 12.6. The van der Waals surface area contributed by atoms with E-state index in [-0.39, 0.29) is 18.2 Å². The molecule has 0 saturated heterocycles. The number of nitrogens with zero attached hydrogens (tertiary/aromatic N) is 3. The molecule has 0 bridgehead atoms. The molecule has 0 spiro atoms. The fourth-order valence-corrected chi connectivity index (χ4v) is 1.82. The highest BCUT2D eigenvalue weighted by Crippen LogP contribution is 2.10. The molecular formula is C15H17N7O. The summed E-state index contributed by atoms with van der Waals surface area (Å²) >= 11 is 0. The van der Waals surface area contributed by atoms with Crippen molar-refractivity contribution in [2.75, 3.05) is 18.9 Å². The first kappa shape index (κ1) is 16.1. The van der Waals surface area contributed by atoms with Crippen molar-refractivity contribution in [1.82, 2.24) is 14.9 Å². The monoisotopic (exact) mass is 311 g/mol. The molecule has 0 atom stereocenters. The zero-order chi connectivity index (χ0) is 16.8. The minimum absolute atomic E-state index is 0.102.